The molecule has 180 valence electrons. The van der Waals surface area contributed by atoms with E-state index in [1.165, 1.54) is 42.5 Å². The molecule has 0 saturated carbocycles. The second-order valence-electron chi connectivity index (χ2n) is 7.44. The molecule has 0 aliphatic rings. The first-order valence-corrected chi connectivity index (χ1v) is 14.0. The van der Waals surface area contributed by atoms with Gasteiger partial charge in [0.1, 0.15) is 5.58 Å². The molecular weight excluding hydrogens is 558 g/mol. The largest absolute Gasteiger partial charge is 0.422 e. The Morgan fingerprint density at radius 3 is 2.26 bits per heavy atom. The summed E-state index contributed by atoms with van der Waals surface area (Å²) in [6, 6.07) is 19.7. The number of benzene rings is 3. The number of sulfonamides is 1. The van der Waals surface area contributed by atoms with Gasteiger partial charge in [0, 0.05) is 9.86 Å². The average Bonchev–Trinajstić information content (AvgIpc) is 2.82. The summed E-state index contributed by atoms with van der Waals surface area (Å²) in [5.41, 5.74) is 2.48. The predicted molar refractivity (Wildman–Crippen MR) is 137 cm³/mol. The Morgan fingerprint density at radius 1 is 0.914 bits per heavy atom. The van der Waals surface area contributed by atoms with Gasteiger partial charge in [-0.2, -0.15) is 5.10 Å². The third-order valence-electron chi connectivity index (χ3n) is 4.94. The first-order valence-electron chi connectivity index (χ1n) is 10.00. The Kier molecular flexibility index (Phi) is 6.90. The molecule has 3 N–H and O–H groups in total. The highest BCUT2D eigenvalue weighted by Crippen LogP contribution is 2.21. The second-order valence-corrected chi connectivity index (χ2v) is 11.9. The number of hydrazone groups is 1. The highest BCUT2D eigenvalue weighted by Gasteiger charge is 2.22. The number of nitrogens with two attached hydrogens (primary N) is 1. The standard InChI is InChI=1S/C23H18BrN3O6S2/c24-16-6-11-22-15(12-16)13-20(23(28)33-22)21(14-34(29,30)18-4-2-1-3-5-18)27-26-17-7-9-19(10-8-17)35(25,31)32/h1-13,26H,14H2,(H2,25,31,32)/b27-21+. The first kappa shape index (κ1) is 24.8. The van der Waals surface area contributed by atoms with Crippen LogP contribution in [0.25, 0.3) is 11.0 Å². The Hall–Kier alpha value is -3.32. The lowest BCUT2D eigenvalue weighted by Gasteiger charge is -2.10. The summed E-state index contributed by atoms with van der Waals surface area (Å²) in [7, 11) is -7.75. The highest BCUT2D eigenvalue weighted by atomic mass is 79.9. The molecule has 0 atom stereocenters. The normalized spacial score (nSPS) is 12.6. The van der Waals surface area contributed by atoms with Gasteiger partial charge in [0.25, 0.3) is 0 Å². The smallest absolute Gasteiger partial charge is 0.345 e. The van der Waals surface area contributed by atoms with Crippen LogP contribution in [0.1, 0.15) is 5.56 Å². The topological polar surface area (TPSA) is 149 Å². The van der Waals surface area contributed by atoms with Crippen LogP contribution in [0.4, 0.5) is 5.69 Å². The summed E-state index contributed by atoms with van der Waals surface area (Å²) in [6.07, 6.45) is 0. The third kappa shape index (κ3) is 5.85. The summed E-state index contributed by atoms with van der Waals surface area (Å²) >= 11 is 3.36. The molecule has 3 aromatic carbocycles. The van der Waals surface area contributed by atoms with E-state index in [2.05, 4.69) is 26.5 Å². The Bertz CT molecular complexity index is 1700. The second kappa shape index (κ2) is 9.74. The minimum atomic E-state index is -3.88. The number of rotatable bonds is 7. The molecule has 0 amide bonds. The zero-order valence-electron chi connectivity index (χ0n) is 17.9. The van der Waals surface area contributed by atoms with E-state index < -0.39 is 31.2 Å². The number of nitrogens with one attached hydrogen (secondary N) is 1. The molecule has 0 saturated heterocycles. The van der Waals surface area contributed by atoms with E-state index in [0.717, 1.165) is 4.47 Å². The van der Waals surface area contributed by atoms with Crippen LogP contribution >= 0.6 is 15.9 Å². The molecule has 0 radical (unpaired) electrons. The fourth-order valence-electron chi connectivity index (χ4n) is 3.21. The van der Waals surface area contributed by atoms with E-state index >= 15 is 0 Å². The number of sulfone groups is 1. The van der Waals surface area contributed by atoms with Gasteiger partial charge in [-0.1, -0.05) is 34.1 Å². The number of nitrogens with zero attached hydrogens (tertiary/aromatic N) is 1. The van der Waals surface area contributed by atoms with E-state index in [4.69, 9.17) is 9.56 Å². The minimum Gasteiger partial charge on any atom is -0.422 e. The van der Waals surface area contributed by atoms with E-state index in [1.807, 2.05) is 0 Å². The van der Waals surface area contributed by atoms with Crippen molar-refractivity contribution >= 4 is 58.2 Å². The maximum atomic E-state index is 13.1. The molecule has 1 aromatic heterocycles. The summed E-state index contributed by atoms with van der Waals surface area (Å²) in [5, 5.41) is 9.87. The minimum absolute atomic E-state index is 0.0382. The number of primary sulfonamides is 1. The Balaban J connectivity index is 1.79. The summed E-state index contributed by atoms with van der Waals surface area (Å²) in [5.74, 6) is -0.594. The zero-order valence-corrected chi connectivity index (χ0v) is 21.1. The van der Waals surface area contributed by atoms with Crippen LogP contribution in [0.3, 0.4) is 0 Å². The van der Waals surface area contributed by atoms with Crippen molar-refractivity contribution in [1.82, 2.24) is 0 Å². The number of hydrogen-bond acceptors (Lipinski definition) is 8. The maximum Gasteiger partial charge on any atom is 0.345 e. The lowest BCUT2D eigenvalue weighted by atomic mass is 10.1. The van der Waals surface area contributed by atoms with Gasteiger partial charge in [-0.3, -0.25) is 5.43 Å². The summed E-state index contributed by atoms with van der Waals surface area (Å²) in [4.78, 5) is 12.8. The van der Waals surface area contributed by atoms with Crippen molar-refractivity contribution in [2.45, 2.75) is 9.79 Å². The van der Waals surface area contributed by atoms with Gasteiger partial charge in [0.05, 0.1) is 32.5 Å². The highest BCUT2D eigenvalue weighted by molar-refractivity contribution is 9.10. The third-order valence-corrected chi connectivity index (χ3v) is 8.00. The number of fused-ring (bicyclic) bond motifs is 1. The number of anilines is 1. The van der Waals surface area contributed by atoms with Gasteiger partial charge in [0.2, 0.25) is 10.0 Å². The van der Waals surface area contributed by atoms with Crippen molar-refractivity contribution in [2.24, 2.45) is 10.2 Å². The van der Waals surface area contributed by atoms with Crippen molar-refractivity contribution in [3.05, 3.63) is 99.3 Å². The van der Waals surface area contributed by atoms with Crippen molar-refractivity contribution in [1.29, 1.82) is 0 Å². The monoisotopic (exact) mass is 575 g/mol. The van der Waals surface area contributed by atoms with Gasteiger partial charge in [-0.15, -0.1) is 0 Å². The predicted octanol–water partition coefficient (Wildman–Crippen LogP) is 3.49. The molecule has 35 heavy (non-hydrogen) atoms. The molecule has 0 aliphatic carbocycles. The van der Waals surface area contributed by atoms with E-state index in [9.17, 15) is 21.6 Å². The molecule has 0 aliphatic heterocycles. The van der Waals surface area contributed by atoms with Crippen LogP contribution in [-0.4, -0.2) is 28.3 Å². The first-order chi connectivity index (χ1) is 16.5. The van der Waals surface area contributed by atoms with E-state index in [-0.39, 0.29) is 21.1 Å². The summed E-state index contributed by atoms with van der Waals surface area (Å²) in [6.45, 7) is 0. The Morgan fingerprint density at radius 2 is 1.60 bits per heavy atom. The molecular formula is C23H18BrN3O6S2. The number of halogens is 1. The average molecular weight is 576 g/mol. The van der Waals surface area contributed by atoms with Gasteiger partial charge in [-0.05, 0) is 60.7 Å². The molecule has 1 heterocycles. The lowest BCUT2D eigenvalue weighted by molar-refractivity contribution is 0.559. The van der Waals surface area contributed by atoms with Crippen LogP contribution in [0.5, 0.6) is 0 Å². The molecule has 0 bridgehead atoms. The molecule has 0 unspecified atom stereocenters. The van der Waals surface area contributed by atoms with Crippen LogP contribution in [0, 0.1) is 0 Å². The summed E-state index contributed by atoms with van der Waals surface area (Å²) < 4.78 is 55.2. The van der Waals surface area contributed by atoms with Crippen LogP contribution in [0.15, 0.2) is 107 Å². The van der Waals surface area contributed by atoms with Crippen molar-refractivity contribution in [2.75, 3.05) is 11.2 Å². The maximum absolute atomic E-state index is 13.1. The molecule has 9 nitrogen and oxygen atoms in total. The van der Waals surface area contributed by atoms with Crippen LogP contribution < -0.4 is 16.2 Å². The van der Waals surface area contributed by atoms with E-state index in [0.29, 0.717) is 16.7 Å². The number of hydrogen-bond donors (Lipinski definition) is 2. The zero-order chi connectivity index (χ0) is 25.2. The lowest BCUT2D eigenvalue weighted by Crippen LogP contribution is -2.24. The van der Waals surface area contributed by atoms with Crippen molar-refractivity contribution in [3.63, 3.8) is 0 Å². The van der Waals surface area contributed by atoms with Crippen molar-refractivity contribution < 1.29 is 21.3 Å². The molecule has 0 fully saturated rings. The molecule has 4 aromatic rings. The quantitative estimate of drug-likeness (QED) is 0.194. The molecule has 12 heteroatoms. The van der Waals surface area contributed by atoms with Gasteiger partial charge in [-0.25, -0.2) is 26.8 Å². The fraction of sp³-hybridized carbons (Fsp3) is 0.0435. The van der Waals surface area contributed by atoms with Crippen LogP contribution in [-0.2, 0) is 19.9 Å². The fourth-order valence-corrected chi connectivity index (χ4v) is 5.42. The SMILES string of the molecule is NS(=O)(=O)c1ccc(N/N=C(\CS(=O)(=O)c2ccccc2)c2cc3cc(Br)ccc3oc2=O)cc1. The molecule has 4 rings (SSSR count). The molecule has 0 spiro atoms. The Labute approximate surface area is 209 Å². The van der Waals surface area contributed by atoms with Gasteiger partial charge in [0.15, 0.2) is 9.84 Å². The van der Waals surface area contributed by atoms with Crippen molar-refractivity contribution in [3.8, 4) is 0 Å². The van der Waals surface area contributed by atoms with E-state index in [1.54, 1.807) is 36.4 Å². The van der Waals surface area contributed by atoms with Gasteiger partial charge >= 0.3 is 5.63 Å². The van der Waals surface area contributed by atoms with Gasteiger partial charge < -0.3 is 4.42 Å². The van der Waals surface area contributed by atoms with Crippen LogP contribution in [0.2, 0.25) is 0 Å².